The van der Waals surface area contributed by atoms with E-state index >= 15 is 0 Å². The second kappa shape index (κ2) is 54.4. The number of hydrogen-bond acceptors (Lipinski definition) is 8. The van der Waals surface area contributed by atoms with Gasteiger partial charge in [-0.2, -0.15) is 0 Å². The van der Waals surface area contributed by atoms with E-state index in [9.17, 15) is 38.4 Å². The fraction of sp³-hybridized carbons (Fsp3) is 0.912. The number of nitrogens with one attached hydrogen (secondary N) is 5. The van der Waals surface area contributed by atoms with E-state index in [0.717, 1.165) is 201 Å². The molecule has 0 aromatic rings. The van der Waals surface area contributed by atoms with Gasteiger partial charge in [-0.25, -0.2) is 0 Å². The van der Waals surface area contributed by atoms with E-state index in [1.165, 1.54) is 116 Å². The Kier molecular flexibility index (Phi) is 50.3. The second-order valence-electron chi connectivity index (χ2n) is 37.2. The molecule has 0 bridgehead atoms. The summed E-state index contributed by atoms with van der Waals surface area (Å²) in [5.74, 6) is 12.3. The van der Waals surface area contributed by atoms with Crippen LogP contribution in [0.4, 0.5) is 0 Å². The average Bonchev–Trinajstić information content (AvgIpc) is 1.41. The van der Waals surface area contributed by atoms with Crippen LogP contribution in [0.25, 0.3) is 0 Å². The molecule has 0 aliphatic heterocycles. The number of carbonyl (C=O) groups is 8. The fourth-order valence-corrected chi connectivity index (χ4v) is 15.9. The standard InChI is InChI=1S/C13H25NO.C12H21NO.2C12H23NO.2C11H21NO.2C10H19NO/c1-5-13(3,4)14-12(15)11-8-6-10(2)7-9-11;1-9-2-6-11(7-3-9)12(14)13-8-10-4-5-10;1-9(2)13(4)12(14)11-7-5-10(3)6-8-11;1-4-10(3)13-12(14)11-7-5-9(2)6-8-11;1-4-12(3)11(13)10-7-5-9(2)6-8-10;1-3-8-12-11(13)10-6-4-9(2)5-7-10;1-8-4-6-9(7-5-8)10(12)11(2)3;1-3-11-10(12)9-6-4-8(2)5-7-9/h10-11H,5-9H2,1-4H3,(H,14,15);9-11H,2-8H2,1H3,(H,13,14);9-11H,5-8H2,1-4H3;9-11H,4-8H2,1-3H3,(H,13,14);9-10H,4-8H2,1-3H3;9-10H,3-8H2,1-2H3,(H,12,13);8-9H,4-7H2,1-3H3;8-9H,3-7H2,1-2H3,(H,11,12)/t;;;9?,10-,11?;;;;/m...1..../s1. The minimum atomic E-state index is -0.0415. The number of rotatable bonds is 19. The Morgan fingerprint density at radius 1 is 0.355 bits per heavy atom. The van der Waals surface area contributed by atoms with Crippen molar-refractivity contribution in [2.45, 2.75) is 380 Å². The largest absolute Gasteiger partial charge is 0.356 e. The summed E-state index contributed by atoms with van der Waals surface area (Å²) >= 11 is 0. The van der Waals surface area contributed by atoms with E-state index in [-0.39, 0.29) is 35.1 Å². The smallest absolute Gasteiger partial charge is 0.225 e. The van der Waals surface area contributed by atoms with E-state index in [2.05, 4.69) is 137 Å². The monoisotopic (exact) mass is 1510 g/mol. The Hall–Kier alpha value is -4.24. The van der Waals surface area contributed by atoms with Crippen LogP contribution in [0.2, 0.25) is 0 Å². The van der Waals surface area contributed by atoms with Crippen LogP contribution in [0.3, 0.4) is 0 Å². The van der Waals surface area contributed by atoms with Gasteiger partial charge in [0, 0.05) is 119 Å². The van der Waals surface area contributed by atoms with Crippen molar-refractivity contribution in [2.75, 3.05) is 54.4 Å². The normalized spacial score (nSPS) is 29.3. The molecule has 0 spiro atoms. The van der Waals surface area contributed by atoms with Crippen molar-refractivity contribution in [3.05, 3.63) is 0 Å². The molecule has 9 fully saturated rings. The molecule has 9 aliphatic rings. The molecule has 16 heteroatoms. The molecule has 9 rings (SSSR count). The van der Waals surface area contributed by atoms with Gasteiger partial charge in [0.2, 0.25) is 47.3 Å². The van der Waals surface area contributed by atoms with E-state index in [1.807, 2.05) is 51.8 Å². The maximum atomic E-state index is 12.0. The Morgan fingerprint density at radius 3 is 0.925 bits per heavy atom. The summed E-state index contributed by atoms with van der Waals surface area (Å²) in [7, 11) is 7.52. The van der Waals surface area contributed by atoms with Gasteiger partial charge in [0.1, 0.15) is 0 Å². The van der Waals surface area contributed by atoms with Gasteiger partial charge in [0.25, 0.3) is 0 Å². The number of carbonyl (C=O) groups excluding carboxylic acids is 8. The molecular weight excluding hydrogens is 1330 g/mol. The highest BCUT2D eigenvalue weighted by molar-refractivity contribution is 5.82. The van der Waals surface area contributed by atoms with Gasteiger partial charge >= 0.3 is 0 Å². The first-order valence-corrected chi connectivity index (χ1v) is 44.8. The lowest BCUT2D eigenvalue weighted by Crippen LogP contribution is -2.46. The quantitative estimate of drug-likeness (QED) is 0.0839. The number of amides is 8. The van der Waals surface area contributed by atoms with Crippen LogP contribution in [0.15, 0.2) is 0 Å². The van der Waals surface area contributed by atoms with Crippen LogP contribution in [-0.2, 0) is 38.4 Å². The first kappa shape index (κ1) is 98.8. The van der Waals surface area contributed by atoms with Gasteiger partial charge in [0.05, 0.1) is 0 Å². The summed E-state index contributed by atoms with van der Waals surface area (Å²) in [6.07, 6.45) is 42.8. The zero-order valence-corrected chi connectivity index (χ0v) is 73.6. The predicted octanol–water partition coefficient (Wildman–Crippen LogP) is 19.3. The van der Waals surface area contributed by atoms with Crippen molar-refractivity contribution >= 4 is 47.3 Å². The van der Waals surface area contributed by atoms with Crippen molar-refractivity contribution in [1.82, 2.24) is 41.3 Å². The maximum absolute atomic E-state index is 12.0. The Labute approximate surface area is 658 Å². The first-order chi connectivity index (χ1) is 50.6. The molecule has 624 valence electrons. The minimum Gasteiger partial charge on any atom is -0.356 e. The molecule has 0 aromatic heterocycles. The summed E-state index contributed by atoms with van der Waals surface area (Å²) in [5, 5.41) is 15.2. The van der Waals surface area contributed by atoms with Gasteiger partial charge in [-0.1, -0.05) is 76.2 Å². The first-order valence-electron chi connectivity index (χ1n) is 44.8. The van der Waals surface area contributed by atoms with Gasteiger partial charge in [-0.3, -0.25) is 38.4 Å². The van der Waals surface area contributed by atoms with Gasteiger partial charge in [0.15, 0.2) is 0 Å². The Morgan fingerprint density at radius 2 is 0.645 bits per heavy atom. The van der Waals surface area contributed by atoms with Gasteiger partial charge < -0.3 is 41.3 Å². The highest BCUT2D eigenvalue weighted by atomic mass is 16.2. The molecule has 0 radical (unpaired) electrons. The highest BCUT2D eigenvalue weighted by Gasteiger charge is 2.33. The van der Waals surface area contributed by atoms with Crippen LogP contribution >= 0.6 is 0 Å². The van der Waals surface area contributed by atoms with Crippen molar-refractivity contribution < 1.29 is 38.4 Å². The molecule has 9 saturated carbocycles. The fourth-order valence-electron chi connectivity index (χ4n) is 15.9. The lowest BCUT2D eigenvalue weighted by molar-refractivity contribution is -0.137. The van der Waals surface area contributed by atoms with Crippen LogP contribution in [-0.4, -0.2) is 134 Å². The molecule has 1 atom stereocenters. The molecule has 0 unspecified atom stereocenters. The summed E-state index contributed by atoms with van der Waals surface area (Å²) in [5.41, 5.74) is -0.0415. The molecule has 5 N–H and O–H groups in total. The van der Waals surface area contributed by atoms with Gasteiger partial charge in [-0.05, 0) is 339 Å². The molecule has 0 saturated heterocycles. The second-order valence-corrected chi connectivity index (χ2v) is 37.2. The molecule has 107 heavy (non-hydrogen) atoms. The third kappa shape index (κ3) is 42.3. The zero-order valence-electron chi connectivity index (χ0n) is 73.6. The predicted molar refractivity (Wildman–Crippen MR) is 447 cm³/mol. The molecule has 8 amide bonds. The van der Waals surface area contributed by atoms with Crippen molar-refractivity contribution in [2.24, 2.45) is 101 Å². The summed E-state index contributed by atoms with van der Waals surface area (Å²) in [6, 6.07) is 0.670. The van der Waals surface area contributed by atoms with Crippen LogP contribution in [0.1, 0.15) is 362 Å². The van der Waals surface area contributed by atoms with Crippen LogP contribution in [0, 0.1) is 101 Å². The Balaban J connectivity index is 0.000000416. The third-order valence-corrected chi connectivity index (χ3v) is 26.0. The molecule has 9 aliphatic carbocycles. The SMILES string of the molecule is CC1CCC(C(=O)N(C)C(C)C)CC1.CC1CCC(C(=O)N(C)C)CC1.CC1CCC(C(=O)NCC2CC2)CC1.CCC(C)(C)NC(=O)C1CCC(C)CC1.CCCNC(=O)C1CCC(C)CC1.CCN(C)C(=O)C1CCC(C)CC1.CCNC(=O)C1CCC(C)CC1.CC[C@@H](C)NC(=O)C1CCC(C)CC1. The zero-order chi connectivity index (χ0) is 80.3. The summed E-state index contributed by atoms with van der Waals surface area (Å²) in [4.78, 5) is 99.1. The van der Waals surface area contributed by atoms with E-state index < -0.39 is 0 Å². The lowest BCUT2D eigenvalue weighted by Gasteiger charge is -2.30. The number of nitrogens with zero attached hydrogens (tertiary/aromatic N) is 3. The van der Waals surface area contributed by atoms with Gasteiger partial charge in [-0.15, -0.1) is 0 Å². The van der Waals surface area contributed by atoms with Crippen LogP contribution < -0.4 is 26.6 Å². The van der Waals surface area contributed by atoms with Crippen molar-refractivity contribution in [3.63, 3.8) is 0 Å². The summed E-state index contributed by atoms with van der Waals surface area (Å²) in [6.45, 7) is 42.3. The molecule has 16 nitrogen and oxygen atoms in total. The average molecular weight is 1510 g/mol. The maximum Gasteiger partial charge on any atom is 0.225 e. The topological polar surface area (TPSA) is 206 Å². The lowest BCUT2D eigenvalue weighted by atomic mass is 9.82. The summed E-state index contributed by atoms with van der Waals surface area (Å²) < 4.78 is 0. The van der Waals surface area contributed by atoms with E-state index in [0.29, 0.717) is 77.1 Å². The number of hydrogen-bond donors (Lipinski definition) is 5. The van der Waals surface area contributed by atoms with E-state index in [4.69, 9.17) is 0 Å². The third-order valence-electron chi connectivity index (χ3n) is 26.0. The highest BCUT2D eigenvalue weighted by Crippen LogP contribution is 2.36. The Bertz CT molecular complexity index is 2420. The van der Waals surface area contributed by atoms with Crippen molar-refractivity contribution in [3.8, 4) is 0 Å². The minimum absolute atomic E-state index is 0.0415. The van der Waals surface area contributed by atoms with E-state index in [1.54, 1.807) is 4.90 Å². The molecular formula is C91H172N8O8. The molecule has 0 heterocycles. The van der Waals surface area contributed by atoms with Crippen LogP contribution in [0.5, 0.6) is 0 Å². The molecule has 0 aromatic carbocycles. The van der Waals surface area contributed by atoms with Crippen molar-refractivity contribution in [1.29, 1.82) is 0 Å².